The molecule has 3 rings (SSSR count). The third kappa shape index (κ3) is 7.47. The molecular formula is C21H30N4O3S. The Labute approximate surface area is 176 Å². The fourth-order valence-electron chi connectivity index (χ4n) is 3.17. The second kappa shape index (κ2) is 12.0. The molecule has 1 aliphatic rings. The van der Waals surface area contributed by atoms with E-state index in [1.54, 1.807) is 25.7 Å². The molecule has 29 heavy (non-hydrogen) atoms. The second-order valence-corrected chi connectivity index (χ2v) is 8.21. The predicted molar refractivity (Wildman–Crippen MR) is 116 cm³/mol. The van der Waals surface area contributed by atoms with Gasteiger partial charge in [-0.1, -0.05) is 6.07 Å². The van der Waals surface area contributed by atoms with Gasteiger partial charge in [0.15, 0.2) is 11.5 Å². The first-order valence-corrected chi connectivity index (χ1v) is 11.1. The quantitative estimate of drug-likeness (QED) is 0.533. The molecule has 0 unspecified atom stereocenters. The van der Waals surface area contributed by atoms with Crippen LogP contribution in [-0.4, -0.2) is 77.5 Å². The Kier molecular flexibility index (Phi) is 9.01. The lowest BCUT2D eigenvalue weighted by molar-refractivity contribution is 0.0705. The number of nitrogens with one attached hydrogen (secondary N) is 1. The highest BCUT2D eigenvalue weighted by molar-refractivity contribution is 7.99. The Hall–Kier alpha value is -1.87. The highest BCUT2D eigenvalue weighted by Gasteiger charge is 2.16. The molecule has 1 saturated heterocycles. The number of ether oxygens (including phenoxy) is 2. The van der Waals surface area contributed by atoms with Crippen LogP contribution in [0.5, 0.6) is 11.5 Å². The molecule has 1 atom stereocenters. The molecule has 158 valence electrons. The van der Waals surface area contributed by atoms with Gasteiger partial charge >= 0.3 is 0 Å². The summed E-state index contributed by atoms with van der Waals surface area (Å²) >= 11 is 1.97. The standard InChI is InChI=1S/C21H30N4O3S/c1-27-21-12-17(13-22-5-4-18-14-23-6-7-24-18)2-3-20(21)28-16-19(26)15-25-8-10-29-11-9-25/h2-3,6-7,12,14,19,22,26H,4-5,8-11,13,15-16H2,1H3/t19-/m1/s1. The summed E-state index contributed by atoms with van der Waals surface area (Å²) in [6.45, 7) is 4.52. The summed E-state index contributed by atoms with van der Waals surface area (Å²) in [5, 5.41) is 13.7. The number of hydrogen-bond acceptors (Lipinski definition) is 8. The highest BCUT2D eigenvalue weighted by atomic mass is 32.2. The van der Waals surface area contributed by atoms with Crippen molar-refractivity contribution < 1.29 is 14.6 Å². The molecule has 1 aromatic carbocycles. The first kappa shape index (κ1) is 21.8. The molecule has 0 saturated carbocycles. The molecule has 2 heterocycles. The lowest BCUT2D eigenvalue weighted by Crippen LogP contribution is -2.40. The maximum absolute atomic E-state index is 10.3. The Balaban J connectivity index is 1.42. The van der Waals surface area contributed by atoms with Crippen LogP contribution in [0.15, 0.2) is 36.8 Å². The lowest BCUT2D eigenvalue weighted by atomic mass is 10.2. The number of benzene rings is 1. The second-order valence-electron chi connectivity index (χ2n) is 6.99. The average Bonchev–Trinajstić information content (AvgIpc) is 2.77. The Morgan fingerprint density at radius 1 is 1.24 bits per heavy atom. The van der Waals surface area contributed by atoms with Crippen molar-refractivity contribution in [2.45, 2.75) is 19.1 Å². The predicted octanol–water partition coefficient (Wildman–Crippen LogP) is 1.61. The van der Waals surface area contributed by atoms with Crippen molar-refractivity contribution in [3.63, 3.8) is 0 Å². The summed E-state index contributed by atoms with van der Waals surface area (Å²) in [7, 11) is 1.63. The molecule has 0 aliphatic carbocycles. The van der Waals surface area contributed by atoms with Crippen molar-refractivity contribution >= 4 is 11.8 Å². The van der Waals surface area contributed by atoms with Crippen LogP contribution in [0.3, 0.4) is 0 Å². The first-order chi connectivity index (χ1) is 14.2. The van der Waals surface area contributed by atoms with Gasteiger partial charge in [-0.3, -0.25) is 14.9 Å². The average molecular weight is 419 g/mol. The van der Waals surface area contributed by atoms with Gasteiger partial charge in [-0.05, 0) is 17.7 Å². The number of methoxy groups -OCH3 is 1. The van der Waals surface area contributed by atoms with E-state index >= 15 is 0 Å². The van der Waals surface area contributed by atoms with Gasteiger partial charge in [0.05, 0.1) is 12.8 Å². The van der Waals surface area contributed by atoms with Crippen molar-refractivity contribution in [3.05, 3.63) is 48.0 Å². The van der Waals surface area contributed by atoms with Crippen LogP contribution in [0.25, 0.3) is 0 Å². The third-order valence-electron chi connectivity index (χ3n) is 4.74. The van der Waals surface area contributed by atoms with E-state index in [9.17, 15) is 5.11 Å². The number of rotatable bonds is 11. The van der Waals surface area contributed by atoms with E-state index in [1.807, 2.05) is 30.0 Å². The Morgan fingerprint density at radius 3 is 2.86 bits per heavy atom. The molecule has 8 heteroatoms. The molecule has 0 radical (unpaired) electrons. The van der Waals surface area contributed by atoms with E-state index < -0.39 is 6.10 Å². The Bertz CT molecular complexity index is 729. The van der Waals surface area contributed by atoms with Gasteiger partial charge in [0.25, 0.3) is 0 Å². The minimum absolute atomic E-state index is 0.260. The summed E-state index contributed by atoms with van der Waals surface area (Å²) in [5.74, 6) is 3.61. The number of aromatic nitrogens is 2. The summed E-state index contributed by atoms with van der Waals surface area (Å²) in [6, 6.07) is 5.89. The molecule has 1 fully saturated rings. The van der Waals surface area contributed by atoms with Gasteiger partial charge in [0.2, 0.25) is 0 Å². The van der Waals surface area contributed by atoms with Gasteiger partial charge in [-0.2, -0.15) is 11.8 Å². The zero-order valence-corrected chi connectivity index (χ0v) is 17.7. The lowest BCUT2D eigenvalue weighted by Gasteiger charge is -2.28. The summed E-state index contributed by atoms with van der Waals surface area (Å²) < 4.78 is 11.3. The largest absolute Gasteiger partial charge is 0.493 e. The smallest absolute Gasteiger partial charge is 0.161 e. The van der Waals surface area contributed by atoms with Crippen molar-refractivity contribution in [1.29, 1.82) is 0 Å². The van der Waals surface area contributed by atoms with Crippen LogP contribution < -0.4 is 14.8 Å². The van der Waals surface area contributed by atoms with Crippen molar-refractivity contribution in [3.8, 4) is 11.5 Å². The normalized spacial score (nSPS) is 15.8. The molecular weight excluding hydrogens is 388 g/mol. The van der Waals surface area contributed by atoms with Crippen LogP contribution >= 0.6 is 11.8 Å². The van der Waals surface area contributed by atoms with Gasteiger partial charge in [0, 0.05) is 69.2 Å². The minimum atomic E-state index is -0.509. The van der Waals surface area contributed by atoms with Gasteiger partial charge in [-0.15, -0.1) is 0 Å². The van der Waals surface area contributed by atoms with E-state index in [2.05, 4.69) is 20.2 Å². The molecule has 0 bridgehead atoms. The third-order valence-corrected chi connectivity index (χ3v) is 5.68. The van der Waals surface area contributed by atoms with Gasteiger partial charge in [-0.25, -0.2) is 0 Å². The van der Waals surface area contributed by atoms with Crippen molar-refractivity contribution in [2.75, 3.05) is 51.4 Å². The molecule has 0 spiro atoms. The van der Waals surface area contributed by atoms with Gasteiger partial charge in [0.1, 0.15) is 12.7 Å². The molecule has 1 aliphatic heterocycles. The van der Waals surface area contributed by atoms with E-state index in [0.29, 0.717) is 18.0 Å². The number of β-amino-alcohol motifs (C(OH)–C–C–N with tert-alkyl or cyclic N) is 1. The van der Waals surface area contributed by atoms with E-state index in [4.69, 9.17) is 9.47 Å². The zero-order chi connectivity index (χ0) is 20.3. The van der Waals surface area contributed by atoms with E-state index in [0.717, 1.165) is 55.4 Å². The van der Waals surface area contributed by atoms with Crippen LogP contribution in [0.2, 0.25) is 0 Å². The fourth-order valence-corrected chi connectivity index (χ4v) is 4.15. The minimum Gasteiger partial charge on any atom is -0.493 e. The highest BCUT2D eigenvalue weighted by Crippen LogP contribution is 2.28. The summed E-state index contributed by atoms with van der Waals surface area (Å²) in [6.07, 6.45) is 5.50. The van der Waals surface area contributed by atoms with E-state index in [-0.39, 0.29) is 6.61 Å². The van der Waals surface area contributed by atoms with Crippen LogP contribution in [-0.2, 0) is 13.0 Å². The van der Waals surface area contributed by atoms with Crippen LogP contribution in [0.1, 0.15) is 11.3 Å². The fraction of sp³-hybridized carbons (Fsp3) is 0.524. The summed E-state index contributed by atoms with van der Waals surface area (Å²) in [5.41, 5.74) is 2.09. The number of aliphatic hydroxyl groups excluding tert-OH is 1. The number of aliphatic hydroxyl groups is 1. The summed E-state index contributed by atoms with van der Waals surface area (Å²) in [4.78, 5) is 10.6. The van der Waals surface area contributed by atoms with Crippen molar-refractivity contribution in [1.82, 2.24) is 20.2 Å². The zero-order valence-electron chi connectivity index (χ0n) is 16.9. The monoisotopic (exact) mass is 418 g/mol. The molecule has 0 amide bonds. The van der Waals surface area contributed by atoms with Crippen LogP contribution in [0, 0.1) is 0 Å². The van der Waals surface area contributed by atoms with E-state index in [1.165, 1.54) is 0 Å². The number of nitrogens with zero attached hydrogens (tertiary/aromatic N) is 3. The topological polar surface area (TPSA) is 79.7 Å². The first-order valence-electron chi connectivity index (χ1n) is 9.98. The number of thioether (sulfide) groups is 1. The maximum Gasteiger partial charge on any atom is 0.161 e. The molecule has 2 N–H and O–H groups in total. The SMILES string of the molecule is COc1cc(CNCCc2cnccn2)ccc1OC[C@H](O)CN1CCSCC1. The molecule has 1 aromatic heterocycles. The molecule has 7 nitrogen and oxygen atoms in total. The number of hydrogen-bond donors (Lipinski definition) is 2. The van der Waals surface area contributed by atoms with Gasteiger partial charge < -0.3 is 19.9 Å². The maximum atomic E-state index is 10.3. The molecule has 2 aromatic rings. The van der Waals surface area contributed by atoms with Crippen molar-refractivity contribution in [2.24, 2.45) is 0 Å². The Morgan fingerprint density at radius 2 is 2.10 bits per heavy atom. The van der Waals surface area contributed by atoms with Crippen LogP contribution in [0.4, 0.5) is 0 Å².